The molecule has 0 saturated carbocycles. The van der Waals surface area contributed by atoms with Crippen molar-refractivity contribution in [1.82, 2.24) is 0 Å². The van der Waals surface area contributed by atoms with E-state index in [0.29, 0.717) is 0 Å². The zero-order chi connectivity index (χ0) is 22.6. The monoisotopic (exact) mass is 432 g/mol. The first kappa shape index (κ1) is 19.0. The van der Waals surface area contributed by atoms with Gasteiger partial charge in [0.25, 0.3) is 0 Å². The second-order valence-electron chi connectivity index (χ2n) is 8.97. The Labute approximate surface area is 197 Å². The van der Waals surface area contributed by atoms with Crippen molar-refractivity contribution >= 4 is 27.3 Å². The molecule has 6 aromatic rings. The maximum Gasteiger partial charge on any atom is 0.194 e. The first-order chi connectivity index (χ1) is 16.7. The van der Waals surface area contributed by atoms with E-state index in [2.05, 4.69) is 109 Å². The number of benzene rings is 6. The Morgan fingerprint density at radius 1 is 0.324 bits per heavy atom. The van der Waals surface area contributed by atoms with E-state index in [4.69, 9.17) is 0 Å². The van der Waals surface area contributed by atoms with Gasteiger partial charge in [-0.1, -0.05) is 84.9 Å². The average Bonchev–Trinajstić information content (AvgIpc) is 3.18. The van der Waals surface area contributed by atoms with Gasteiger partial charge in [0.1, 0.15) is 0 Å². The lowest BCUT2D eigenvalue weighted by molar-refractivity contribution is 0.104. The maximum atomic E-state index is 13.1. The third-order valence-corrected chi connectivity index (χ3v) is 6.98. The maximum absolute atomic E-state index is 13.1. The smallest absolute Gasteiger partial charge is 0.194 e. The van der Waals surface area contributed by atoms with Crippen LogP contribution in [0.1, 0.15) is 15.9 Å². The van der Waals surface area contributed by atoms with E-state index in [-0.39, 0.29) is 5.78 Å². The normalized spacial score (nSPS) is 12.2. The molecule has 0 radical (unpaired) electrons. The van der Waals surface area contributed by atoms with Crippen molar-refractivity contribution in [2.24, 2.45) is 0 Å². The number of carbonyl (C=O) groups is 1. The van der Waals surface area contributed by atoms with Crippen molar-refractivity contribution in [3.8, 4) is 33.4 Å². The van der Waals surface area contributed by atoms with E-state index < -0.39 is 0 Å². The minimum absolute atomic E-state index is 0.111. The first-order valence-corrected chi connectivity index (χ1v) is 11.6. The summed E-state index contributed by atoms with van der Waals surface area (Å²) in [6.45, 7) is 0. The Hall–Kier alpha value is -4.49. The van der Waals surface area contributed by atoms with Crippen LogP contribution in [0.15, 0.2) is 121 Å². The van der Waals surface area contributed by atoms with Gasteiger partial charge in [0.15, 0.2) is 5.78 Å². The molecule has 0 fully saturated rings. The average molecular weight is 433 g/mol. The minimum atomic E-state index is 0.111. The number of rotatable bonds is 2. The molecule has 6 aromatic carbocycles. The van der Waals surface area contributed by atoms with Crippen molar-refractivity contribution < 1.29 is 4.79 Å². The molecule has 0 heterocycles. The molecule has 0 saturated heterocycles. The van der Waals surface area contributed by atoms with Crippen LogP contribution in [0.5, 0.6) is 0 Å². The van der Waals surface area contributed by atoms with Gasteiger partial charge in [-0.2, -0.15) is 0 Å². The summed E-state index contributed by atoms with van der Waals surface area (Å²) in [5, 5.41) is 4.90. The number of carbonyl (C=O) groups excluding carboxylic acids is 1. The molecule has 0 spiro atoms. The van der Waals surface area contributed by atoms with Crippen molar-refractivity contribution in [3.05, 3.63) is 132 Å². The van der Waals surface area contributed by atoms with Crippen molar-refractivity contribution in [1.29, 1.82) is 0 Å². The predicted octanol–water partition coefficient (Wildman–Crippen LogP) is 8.54. The van der Waals surface area contributed by atoms with Gasteiger partial charge in [-0.05, 0) is 91.3 Å². The lowest BCUT2D eigenvalue weighted by Gasteiger charge is -2.09. The summed E-state index contributed by atoms with van der Waals surface area (Å²) in [5.41, 5.74) is 8.19. The molecule has 0 aliphatic heterocycles. The fraction of sp³-hybridized carbons (Fsp3) is 0. The van der Waals surface area contributed by atoms with Crippen LogP contribution in [0.25, 0.3) is 54.9 Å². The van der Waals surface area contributed by atoms with Crippen LogP contribution in [0.3, 0.4) is 0 Å². The number of fused-ring (bicyclic) bond motifs is 5. The third kappa shape index (κ3) is 2.91. The molecule has 0 aromatic heterocycles. The fourth-order valence-electron chi connectivity index (χ4n) is 5.17. The number of hydrogen-bond acceptors (Lipinski definition) is 1. The molecule has 0 unspecified atom stereocenters. The summed E-state index contributed by atoms with van der Waals surface area (Å²) < 4.78 is 0. The SMILES string of the molecule is O=C1c2ccc(-c3ccc4ccccc4c3)cc2-c2cc(-c3ccc4ccccc4c3)ccc21. The van der Waals surface area contributed by atoms with Crippen LogP contribution in [0.2, 0.25) is 0 Å². The van der Waals surface area contributed by atoms with E-state index in [1.54, 1.807) is 0 Å². The van der Waals surface area contributed by atoms with E-state index in [1.807, 2.05) is 12.1 Å². The molecule has 0 amide bonds. The zero-order valence-electron chi connectivity index (χ0n) is 18.5. The molecule has 1 aliphatic carbocycles. The van der Waals surface area contributed by atoms with Gasteiger partial charge in [-0.25, -0.2) is 0 Å². The molecule has 34 heavy (non-hydrogen) atoms. The van der Waals surface area contributed by atoms with Gasteiger partial charge in [-0.3, -0.25) is 4.79 Å². The number of hydrogen-bond donors (Lipinski definition) is 0. The standard InChI is InChI=1S/C33H20O/c34-33-29-15-13-27(25-11-9-21-5-1-3-7-23(21)17-25)19-31(29)32-20-28(14-16-30(32)33)26-12-10-22-6-2-4-8-24(22)18-26/h1-20H. The van der Waals surface area contributed by atoms with Crippen LogP contribution in [0, 0.1) is 0 Å². The van der Waals surface area contributed by atoms with Crippen LogP contribution < -0.4 is 0 Å². The Kier molecular flexibility index (Phi) is 4.06. The van der Waals surface area contributed by atoms with Crippen LogP contribution in [-0.4, -0.2) is 5.78 Å². The minimum Gasteiger partial charge on any atom is -0.289 e. The summed E-state index contributed by atoms with van der Waals surface area (Å²) >= 11 is 0. The Morgan fingerprint density at radius 2 is 0.706 bits per heavy atom. The van der Waals surface area contributed by atoms with Gasteiger partial charge in [0.05, 0.1) is 0 Å². The molecule has 0 N–H and O–H groups in total. The van der Waals surface area contributed by atoms with Crippen molar-refractivity contribution in [2.75, 3.05) is 0 Å². The Balaban J connectivity index is 1.36. The van der Waals surface area contributed by atoms with Gasteiger partial charge in [0, 0.05) is 11.1 Å². The van der Waals surface area contributed by atoms with Crippen LogP contribution in [0.4, 0.5) is 0 Å². The Bertz CT molecular complexity index is 1640. The first-order valence-electron chi connectivity index (χ1n) is 11.6. The van der Waals surface area contributed by atoms with E-state index in [9.17, 15) is 4.79 Å². The molecular weight excluding hydrogens is 412 g/mol. The summed E-state index contributed by atoms with van der Waals surface area (Å²) in [6.07, 6.45) is 0. The number of ketones is 1. The second kappa shape index (κ2) is 7.26. The van der Waals surface area contributed by atoms with Crippen LogP contribution >= 0.6 is 0 Å². The highest BCUT2D eigenvalue weighted by Crippen LogP contribution is 2.41. The third-order valence-electron chi connectivity index (χ3n) is 6.98. The quantitative estimate of drug-likeness (QED) is 0.267. The molecule has 1 nitrogen and oxygen atoms in total. The lowest BCUT2D eigenvalue weighted by atomic mass is 9.95. The molecule has 1 aliphatic rings. The molecular formula is C33H20O. The van der Waals surface area contributed by atoms with Gasteiger partial charge < -0.3 is 0 Å². The summed E-state index contributed by atoms with van der Waals surface area (Å²) in [5.74, 6) is 0.111. The molecule has 0 atom stereocenters. The molecule has 158 valence electrons. The molecule has 1 heteroatoms. The largest absolute Gasteiger partial charge is 0.289 e. The highest BCUT2D eigenvalue weighted by atomic mass is 16.1. The fourth-order valence-corrected chi connectivity index (χ4v) is 5.17. The molecule has 0 bridgehead atoms. The predicted molar refractivity (Wildman–Crippen MR) is 141 cm³/mol. The topological polar surface area (TPSA) is 17.1 Å². The van der Waals surface area contributed by atoms with Gasteiger partial charge in [0.2, 0.25) is 0 Å². The molecule has 7 rings (SSSR count). The van der Waals surface area contributed by atoms with E-state index in [1.165, 1.54) is 21.5 Å². The van der Waals surface area contributed by atoms with Gasteiger partial charge in [-0.15, -0.1) is 0 Å². The van der Waals surface area contributed by atoms with Crippen molar-refractivity contribution in [3.63, 3.8) is 0 Å². The highest BCUT2D eigenvalue weighted by Gasteiger charge is 2.27. The van der Waals surface area contributed by atoms with Crippen molar-refractivity contribution in [2.45, 2.75) is 0 Å². The summed E-state index contributed by atoms with van der Waals surface area (Å²) in [6, 6.07) is 42.3. The zero-order valence-corrected chi connectivity index (χ0v) is 18.5. The summed E-state index contributed by atoms with van der Waals surface area (Å²) in [7, 11) is 0. The van der Waals surface area contributed by atoms with Gasteiger partial charge >= 0.3 is 0 Å². The van der Waals surface area contributed by atoms with E-state index >= 15 is 0 Å². The Morgan fingerprint density at radius 3 is 1.18 bits per heavy atom. The second-order valence-corrected chi connectivity index (χ2v) is 8.97. The highest BCUT2D eigenvalue weighted by molar-refractivity contribution is 6.22. The lowest BCUT2D eigenvalue weighted by Crippen LogP contribution is -1.94. The summed E-state index contributed by atoms with van der Waals surface area (Å²) in [4.78, 5) is 13.1. The van der Waals surface area contributed by atoms with E-state index in [0.717, 1.165) is 44.5 Å². The van der Waals surface area contributed by atoms with Crippen LogP contribution in [-0.2, 0) is 0 Å².